The molecule has 2 fully saturated rings. The van der Waals surface area contributed by atoms with Gasteiger partial charge in [-0.05, 0) is 25.1 Å². The summed E-state index contributed by atoms with van der Waals surface area (Å²) in [6.07, 6.45) is -16.7. The van der Waals surface area contributed by atoms with E-state index in [0.717, 1.165) is 24.3 Å². The van der Waals surface area contributed by atoms with Crippen LogP contribution in [0.4, 0.5) is 0 Å². The average molecular weight is 691 g/mol. The van der Waals surface area contributed by atoms with Gasteiger partial charge in [0, 0.05) is 17.7 Å². The molecule has 0 amide bonds. The number of aromatic hydroxyl groups is 3. The number of ether oxygens (including phenoxy) is 4. The maximum Gasteiger partial charge on any atom is 0.446 e. The van der Waals surface area contributed by atoms with E-state index in [1.165, 1.54) is 6.92 Å². The zero-order chi connectivity index (χ0) is 34.5. The van der Waals surface area contributed by atoms with Gasteiger partial charge in [-0.25, -0.2) is 0 Å². The average Bonchev–Trinajstić information content (AvgIpc) is 2.99. The lowest BCUT2D eigenvalue weighted by Crippen LogP contribution is -2.61. The van der Waals surface area contributed by atoms with Crippen LogP contribution in [-0.4, -0.2) is 127 Å². The van der Waals surface area contributed by atoms with Gasteiger partial charge < -0.3 is 73.5 Å². The SMILES string of the molecule is C[C@@H]1O[C@@H](OC[C@H]2O[C@@H](Oc3c(-c4ccc(O)c(O)c4)oc4cc(OS(=O)(=O)O)cc(O)c4c3=O)[C@H](O)[C@@H](O)[C@@H]2O)[C@H](O)[C@H](O)[C@H]1O. The van der Waals surface area contributed by atoms with E-state index in [1.807, 2.05) is 0 Å². The Morgan fingerprint density at radius 3 is 2.11 bits per heavy atom. The van der Waals surface area contributed by atoms with Gasteiger partial charge in [-0.3, -0.25) is 9.35 Å². The fraction of sp³-hybridized carbons (Fsp3) is 0.444. The lowest BCUT2D eigenvalue weighted by Gasteiger charge is -2.42. The van der Waals surface area contributed by atoms with Crippen LogP contribution >= 0.6 is 0 Å². The molecule has 0 saturated carbocycles. The molecule has 10 N–H and O–H groups in total. The molecule has 5 rings (SSSR count). The summed E-state index contributed by atoms with van der Waals surface area (Å²) < 4.78 is 63.5. The van der Waals surface area contributed by atoms with E-state index >= 15 is 0 Å². The standard InChI is InChI=1S/C27H30O19S/c1-8-17(31)20(34)22(36)26(42-8)41-7-15-18(32)21(35)23(37)27(44-15)45-25-19(33)16-13(30)5-10(46-47(38,39)40)6-14(16)43-24(25)9-2-3-11(28)12(29)4-9/h2-6,8,15,17-18,20-23,26-32,34-37H,7H2,1H3,(H,38,39,40)/t8-,15+,17-,18+,20+,21-,22+,23+,26+,27-/m0/s1. The summed E-state index contributed by atoms with van der Waals surface area (Å²) in [5.41, 5.74) is -1.85. The first-order valence-electron chi connectivity index (χ1n) is 13.7. The number of aliphatic hydroxyl groups is 6. The predicted octanol–water partition coefficient (Wildman–Crippen LogP) is -2.21. The van der Waals surface area contributed by atoms with E-state index in [-0.39, 0.29) is 5.56 Å². The van der Waals surface area contributed by atoms with Crippen LogP contribution in [0.3, 0.4) is 0 Å². The molecular formula is C27H30O19S. The molecule has 0 radical (unpaired) electrons. The molecule has 20 heteroatoms. The molecule has 2 saturated heterocycles. The number of phenols is 3. The Balaban J connectivity index is 1.51. The second kappa shape index (κ2) is 13.0. The zero-order valence-corrected chi connectivity index (χ0v) is 24.7. The topological polar surface area (TPSA) is 313 Å². The van der Waals surface area contributed by atoms with Gasteiger partial charge in [0.15, 0.2) is 29.3 Å². The molecule has 0 aliphatic carbocycles. The second-order valence-electron chi connectivity index (χ2n) is 10.8. The fourth-order valence-electron chi connectivity index (χ4n) is 5.00. The molecule has 10 atom stereocenters. The van der Waals surface area contributed by atoms with E-state index < -0.39 is 129 Å². The summed E-state index contributed by atoms with van der Waals surface area (Å²) in [6.45, 7) is 0.733. The first-order chi connectivity index (χ1) is 22.0. The highest BCUT2D eigenvalue weighted by atomic mass is 32.3. The van der Waals surface area contributed by atoms with Gasteiger partial charge in [0.1, 0.15) is 59.4 Å². The summed E-state index contributed by atoms with van der Waals surface area (Å²) in [6, 6.07) is 4.56. The van der Waals surface area contributed by atoms with Gasteiger partial charge >= 0.3 is 10.4 Å². The van der Waals surface area contributed by atoms with Gasteiger partial charge in [0.25, 0.3) is 0 Å². The molecule has 47 heavy (non-hydrogen) atoms. The van der Waals surface area contributed by atoms with Crippen LogP contribution in [0.5, 0.6) is 28.7 Å². The summed E-state index contributed by atoms with van der Waals surface area (Å²) in [7, 11) is -5.08. The highest BCUT2D eigenvalue weighted by Crippen LogP contribution is 2.40. The lowest BCUT2D eigenvalue weighted by molar-refractivity contribution is -0.318. The first kappa shape index (κ1) is 34.5. The number of hydrogen-bond acceptors (Lipinski definition) is 18. The Labute approximate surface area is 263 Å². The normalized spacial score (nSPS) is 31.5. The Hall–Kier alpha value is -3.80. The van der Waals surface area contributed by atoms with E-state index in [0.29, 0.717) is 6.07 Å². The molecule has 3 aromatic rings. The van der Waals surface area contributed by atoms with Crippen molar-refractivity contribution in [2.45, 2.75) is 68.3 Å². The van der Waals surface area contributed by atoms with Crippen molar-refractivity contribution in [3.05, 3.63) is 40.6 Å². The summed E-state index contributed by atoms with van der Waals surface area (Å²) >= 11 is 0. The summed E-state index contributed by atoms with van der Waals surface area (Å²) in [4.78, 5) is 13.7. The number of phenolic OH excluding ortho intramolecular Hbond substituents is 3. The van der Waals surface area contributed by atoms with Crippen LogP contribution < -0.4 is 14.3 Å². The van der Waals surface area contributed by atoms with E-state index in [2.05, 4.69) is 4.18 Å². The molecule has 2 aliphatic heterocycles. The van der Waals surface area contributed by atoms with Crippen molar-refractivity contribution >= 4 is 21.4 Å². The molecule has 0 bridgehead atoms. The van der Waals surface area contributed by atoms with E-state index in [4.69, 9.17) is 27.9 Å². The van der Waals surface area contributed by atoms with Crippen LogP contribution in [0.1, 0.15) is 6.92 Å². The maximum absolute atomic E-state index is 13.7. The second-order valence-corrected chi connectivity index (χ2v) is 11.8. The van der Waals surface area contributed by atoms with Crippen LogP contribution in [0, 0.1) is 0 Å². The maximum atomic E-state index is 13.7. The Morgan fingerprint density at radius 2 is 1.45 bits per heavy atom. The molecular weight excluding hydrogens is 660 g/mol. The highest BCUT2D eigenvalue weighted by Gasteiger charge is 2.48. The summed E-state index contributed by atoms with van der Waals surface area (Å²) in [5.74, 6) is -4.22. The third-order valence-electron chi connectivity index (χ3n) is 7.48. The van der Waals surface area contributed by atoms with Gasteiger partial charge in [-0.1, -0.05) is 0 Å². The molecule has 19 nitrogen and oxygen atoms in total. The third-order valence-corrected chi connectivity index (χ3v) is 7.88. The van der Waals surface area contributed by atoms with Crippen molar-refractivity contribution in [2.75, 3.05) is 6.61 Å². The largest absolute Gasteiger partial charge is 0.507 e. The molecule has 0 spiro atoms. The minimum atomic E-state index is -5.08. The highest BCUT2D eigenvalue weighted by molar-refractivity contribution is 7.81. The molecule has 0 unspecified atom stereocenters. The minimum Gasteiger partial charge on any atom is -0.507 e. The van der Waals surface area contributed by atoms with Crippen LogP contribution in [0.25, 0.3) is 22.3 Å². The quantitative estimate of drug-likeness (QED) is 0.0884. The van der Waals surface area contributed by atoms with Crippen LogP contribution in [-0.2, 0) is 24.6 Å². The van der Waals surface area contributed by atoms with Crippen LogP contribution in [0.15, 0.2) is 39.5 Å². The molecule has 2 aliphatic rings. The van der Waals surface area contributed by atoms with Crippen LogP contribution in [0.2, 0.25) is 0 Å². The van der Waals surface area contributed by atoms with Crippen molar-refractivity contribution in [3.63, 3.8) is 0 Å². The summed E-state index contributed by atoms with van der Waals surface area (Å²) in [5, 5.41) is 91.8. The number of fused-ring (bicyclic) bond motifs is 1. The molecule has 1 aromatic heterocycles. The Kier molecular flexibility index (Phi) is 9.56. The minimum absolute atomic E-state index is 0.154. The van der Waals surface area contributed by atoms with Crippen molar-refractivity contribution < 1.29 is 86.5 Å². The number of benzene rings is 2. The van der Waals surface area contributed by atoms with Crippen molar-refractivity contribution in [1.82, 2.24) is 0 Å². The third kappa shape index (κ3) is 6.93. The fourth-order valence-corrected chi connectivity index (χ4v) is 5.34. The monoisotopic (exact) mass is 690 g/mol. The van der Waals surface area contributed by atoms with Crippen molar-refractivity contribution in [1.29, 1.82) is 0 Å². The van der Waals surface area contributed by atoms with Gasteiger partial charge in [0.2, 0.25) is 17.5 Å². The Bertz CT molecular complexity index is 1790. The first-order valence-corrected chi connectivity index (χ1v) is 15.0. The smallest absolute Gasteiger partial charge is 0.446 e. The number of hydrogen-bond donors (Lipinski definition) is 10. The number of aliphatic hydroxyl groups excluding tert-OH is 6. The van der Waals surface area contributed by atoms with Gasteiger partial charge in [0.05, 0.1) is 12.7 Å². The van der Waals surface area contributed by atoms with E-state index in [1.54, 1.807) is 0 Å². The van der Waals surface area contributed by atoms with Crippen molar-refractivity contribution in [3.8, 4) is 40.1 Å². The zero-order valence-electron chi connectivity index (χ0n) is 23.9. The molecule has 3 heterocycles. The van der Waals surface area contributed by atoms with Gasteiger partial charge in [-0.15, -0.1) is 0 Å². The lowest BCUT2D eigenvalue weighted by atomic mass is 9.98. The molecule has 258 valence electrons. The molecule has 2 aromatic carbocycles. The van der Waals surface area contributed by atoms with Crippen molar-refractivity contribution in [2.24, 2.45) is 0 Å². The van der Waals surface area contributed by atoms with Gasteiger partial charge in [-0.2, -0.15) is 8.42 Å². The number of rotatable bonds is 8. The predicted molar refractivity (Wildman–Crippen MR) is 151 cm³/mol. The van der Waals surface area contributed by atoms with E-state index in [9.17, 15) is 59.2 Å². The Morgan fingerprint density at radius 1 is 0.787 bits per heavy atom.